The summed E-state index contributed by atoms with van der Waals surface area (Å²) in [5.41, 5.74) is 1.57. The van der Waals surface area contributed by atoms with Gasteiger partial charge in [-0.3, -0.25) is 10.1 Å². The van der Waals surface area contributed by atoms with Crippen molar-refractivity contribution in [2.75, 3.05) is 31.0 Å². The Labute approximate surface area is 144 Å². The Kier molecular flexibility index (Phi) is 6.91. The minimum absolute atomic E-state index is 0.0501. The number of anilines is 2. The van der Waals surface area contributed by atoms with Gasteiger partial charge < -0.3 is 14.8 Å². The maximum absolute atomic E-state index is 13.1. The summed E-state index contributed by atoms with van der Waals surface area (Å²) in [5, 5.41) is 5.26. The molecule has 2 N–H and O–H groups in total. The maximum Gasteiger partial charge on any atom is 0.411 e. The van der Waals surface area contributed by atoms with E-state index >= 15 is 0 Å². The molecule has 0 bridgehead atoms. The summed E-state index contributed by atoms with van der Waals surface area (Å²) in [6.07, 6.45) is -0.561. The van der Waals surface area contributed by atoms with Crippen molar-refractivity contribution in [3.05, 3.63) is 59.9 Å². The van der Waals surface area contributed by atoms with Crippen LogP contribution in [0.1, 0.15) is 5.56 Å². The highest BCUT2D eigenvalue weighted by atomic mass is 19.1. The van der Waals surface area contributed by atoms with Gasteiger partial charge in [0.15, 0.2) is 0 Å². The maximum atomic E-state index is 13.1. The third kappa shape index (κ3) is 6.60. The molecule has 2 rings (SSSR count). The molecule has 132 valence electrons. The minimum atomic E-state index is -0.611. The van der Waals surface area contributed by atoms with Crippen LogP contribution in [0, 0.1) is 5.82 Å². The number of rotatable bonds is 7. The summed E-state index contributed by atoms with van der Waals surface area (Å²) < 4.78 is 22.8. The van der Waals surface area contributed by atoms with Gasteiger partial charge in [0, 0.05) is 18.5 Å². The number of benzene rings is 2. The Hall–Kier alpha value is -2.93. The van der Waals surface area contributed by atoms with Crippen LogP contribution >= 0.6 is 0 Å². The van der Waals surface area contributed by atoms with Crippen LogP contribution in [0.4, 0.5) is 20.6 Å². The molecule has 0 aliphatic heterocycles. The number of ether oxygens (including phenoxy) is 2. The van der Waals surface area contributed by atoms with Gasteiger partial charge in [0.25, 0.3) is 0 Å². The zero-order valence-electron chi connectivity index (χ0n) is 13.8. The van der Waals surface area contributed by atoms with E-state index in [0.717, 1.165) is 0 Å². The van der Waals surface area contributed by atoms with Crippen molar-refractivity contribution >= 4 is 23.4 Å². The van der Waals surface area contributed by atoms with Gasteiger partial charge in [0.2, 0.25) is 5.91 Å². The highest BCUT2D eigenvalue weighted by Crippen LogP contribution is 2.16. The topological polar surface area (TPSA) is 76.7 Å². The van der Waals surface area contributed by atoms with Crippen LogP contribution in [-0.2, 0) is 20.7 Å². The Morgan fingerprint density at radius 3 is 2.44 bits per heavy atom. The van der Waals surface area contributed by atoms with Crippen molar-refractivity contribution in [2.24, 2.45) is 0 Å². The lowest BCUT2D eigenvalue weighted by atomic mass is 10.1. The highest BCUT2D eigenvalue weighted by molar-refractivity contribution is 5.93. The lowest BCUT2D eigenvalue weighted by Gasteiger charge is -2.09. The molecule has 0 radical (unpaired) electrons. The molecule has 0 spiro atoms. The molecular weight excluding hydrogens is 327 g/mol. The quantitative estimate of drug-likeness (QED) is 0.755. The van der Waals surface area contributed by atoms with Gasteiger partial charge in [-0.2, -0.15) is 0 Å². The Morgan fingerprint density at radius 2 is 1.72 bits per heavy atom. The second-order valence-electron chi connectivity index (χ2n) is 5.19. The normalized spacial score (nSPS) is 10.2. The molecule has 0 aliphatic carbocycles. The third-order valence-corrected chi connectivity index (χ3v) is 3.17. The van der Waals surface area contributed by atoms with Crippen molar-refractivity contribution in [1.29, 1.82) is 0 Å². The predicted molar refractivity (Wildman–Crippen MR) is 92.0 cm³/mol. The van der Waals surface area contributed by atoms with Gasteiger partial charge >= 0.3 is 6.09 Å². The Morgan fingerprint density at radius 1 is 1.00 bits per heavy atom. The average molecular weight is 346 g/mol. The Balaban J connectivity index is 1.90. The number of carbonyl (C=O) groups is 2. The van der Waals surface area contributed by atoms with Crippen molar-refractivity contribution in [3.63, 3.8) is 0 Å². The van der Waals surface area contributed by atoms with Gasteiger partial charge in [-0.15, -0.1) is 0 Å². The van der Waals surface area contributed by atoms with Crippen molar-refractivity contribution in [3.8, 4) is 0 Å². The molecule has 0 unspecified atom stereocenters. The second kappa shape index (κ2) is 9.39. The van der Waals surface area contributed by atoms with Crippen LogP contribution in [0.15, 0.2) is 48.5 Å². The molecule has 0 atom stereocenters. The third-order valence-electron chi connectivity index (χ3n) is 3.17. The van der Waals surface area contributed by atoms with Crippen LogP contribution in [-0.4, -0.2) is 32.3 Å². The van der Waals surface area contributed by atoms with Crippen LogP contribution in [0.5, 0.6) is 0 Å². The summed E-state index contributed by atoms with van der Waals surface area (Å²) in [4.78, 5) is 23.6. The van der Waals surface area contributed by atoms with Crippen LogP contribution in [0.2, 0.25) is 0 Å². The van der Waals surface area contributed by atoms with E-state index in [1.165, 1.54) is 19.2 Å². The van der Waals surface area contributed by atoms with Crippen molar-refractivity contribution in [2.45, 2.75) is 6.42 Å². The van der Waals surface area contributed by atoms with Gasteiger partial charge in [-0.1, -0.05) is 18.2 Å². The molecule has 2 amide bonds. The second-order valence-corrected chi connectivity index (χ2v) is 5.19. The fourth-order valence-corrected chi connectivity index (χ4v) is 2.08. The zero-order valence-corrected chi connectivity index (χ0v) is 13.8. The van der Waals surface area contributed by atoms with E-state index in [2.05, 4.69) is 10.6 Å². The lowest BCUT2D eigenvalue weighted by molar-refractivity contribution is -0.115. The van der Waals surface area contributed by atoms with E-state index in [1.54, 1.807) is 36.4 Å². The van der Waals surface area contributed by atoms with Gasteiger partial charge in [0.1, 0.15) is 12.4 Å². The molecule has 2 aromatic carbocycles. The first-order valence-corrected chi connectivity index (χ1v) is 7.64. The predicted octanol–water partition coefficient (Wildman–Crippen LogP) is 3.20. The molecule has 25 heavy (non-hydrogen) atoms. The van der Waals surface area contributed by atoms with Crippen molar-refractivity contribution < 1.29 is 23.5 Å². The monoisotopic (exact) mass is 346 g/mol. The molecule has 6 nitrogen and oxygen atoms in total. The average Bonchev–Trinajstić information content (AvgIpc) is 2.55. The molecule has 2 aromatic rings. The fourth-order valence-electron chi connectivity index (χ4n) is 2.08. The van der Waals surface area contributed by atoms with Gasteiger partial charge in [-0.25, -0.2) is 9.18 Å². The van der Waals surface area contributed by atoms with E-state index in [-0.39, 0.29) is 24.8 Å². The number of amides is 2. The molecule has 0 saturated carbocycles. The van der Waals surface area contributed by atoms with E-state index in [9.17, 15) is 14.0 Å². The van der Waals surface area contributed by atoms with E-state index in [4.69, 9.17) is 9.47 Å². The Bertz CT molecular complexity index is 737. The fraction of sp³-hybridized carbons (Fsp3) is 0.222. The van der Waals surface area contributed by atoms with E-state index in [0.29, 0.717) is 23.5 Å². The van der Waals surface area contributed by atoms with Crippen molar-refractivity contribution in [1.82, 2.24) is 0 Å². The summed E-state index contributed by atoms with van der Waals surface area (Å²) in [5.74, 6) is -0.672. The van der Waals surface area contributed by atoms with Crippen LogP contribution in [0.25, 0.3) is 0 Å². The van der Waals surface area contributed by atoms with Gasteiger partial charge in [0.05, 0.1) is 13.0 Å². The zero-order chi connectivity index (χ0) is 18.1. The first-order chi connectivity index (χ1) is 12.1. The summed E-state index contributed by atoms with van der Waals surface area (Å²) in [6.45, 7) is 0.454. The number of hydrogen-bond donors (Lipinski definition) is 2. The molecule has 0 aromatic heterocycles. The molecule has 7 heteroatoms. The first-order valence-electron chi connectivity index (χ1n) is 7.64. The number of nitrogens with one attached hydrogen (secondary N) is 2. The molecule has 0 saturated heterocycles. The number of carbonyl (C=O) groups excluding carboxylic acids is 2. The van der Waals surface area contributed by atoms with Crippen LogP contribution in [0.3, 0.4) is 0 Å². The van der Waals surface area contributed by atoms with Gasteiger partial charge in [-0.05, 0) is 35.9 Å². The summed E-state index contributed by atoms with van der Waals surface area (Å²) in [6, 6.07) is 12.5. The minimum Gasteiger partial charge on any atom is -0.447 e. The summed E-state index contributed by atoms with van der Waals surface area (Å²) in [7, 11) is 1.51. The summed E-state index contributed by atoms with van der Waals surface area (Å²) >= 11 is 0. The molecular formula is C18H19FN2O4. The van der Waals surface area contributed by atoms with Crippen LogP contribution < -0.4 is 10.6 Å². The standard InChI is InChI=1S/C18H19FN2O4/c1-24-8-9-25-18(23)21-16-7-3-6-15(12-16)20-17(22)11-13-4-2-5-14(19)10-13/h2-7,10,12H,8-9,11H2,1H3,(H,20,22)(H,21,23). The number of halogens is 1. The molecule has 0 heterocycles. The first kappa shape index (κ1) is 18.4. The SMILES string of the molecule is COCCOC(=O)Nc1cccc(NC(=O)Cc2cccc(F)c2)c1. The highest BCUT2D eigenvalue weighted by Gasteiger charge is 2.07. The molecule has 0 fully saturated rings. The smallest absolute Gasteiger partial charge is 0.411 e. The largest absolute Gasteiger partial charge is 0.447 e. The van der Waals surface area contributed by atoms with E-state index in [1.807, 2.05) is 0 Å². The van der Waals surface area contributed by atoms with E-state index < -0.39 is 6.09 Å². The molecule has 0 aliphatic rings. The number of methoxy groups -OCH3 is 1. The lowest BCUT2D eigenvalue weighted by Crippen LogP contribution is -2.17. The number of hydrogen-bond acceptors (Lipinski definition) is 4.